The van der Waals surface area contributed by atoms with E-state index < -0.39 is 11.9 Å². The number of benzene rings is 4. The number of rotatable bonds is 6. The van der Waals surface area contributed by atoms with Crippen LogP contribution in [0.15, 0.2) is 93.9 Å². The summed E-state index contributed by atoms with van der Waals surface area (Å²) in [7, 11) is -0.0489. The van der Waals surface area contributed by atoms with E-state index >= 15 is 0 Å². The smallest absolute Gasteiger partial charge is 0.318 e. The minimum Gasteiger partial charge on any atom is -0.481 e. The van der Waals surface area contributed by atoms with Crippen molar-refractivity contribution < 1.29 is 83.2 Å². The fraction of sp³-hybridized carbons (Fsp3) is 0.534. The van der Waals surface area contributed by atoms with Crippen LogP contribution < -0.4 is 5.30 Å². The Balaban J connectivity index is 0.000000160. The van der Waals surface area contributed by atoms with Crippen molar-refractivity contribution in [3.05, 3.63) is 133 Å². The van der Waals surface area contributed by atoms with Crippen molar-refractivity contribution in [2.75, 3.05) is 0 Å². The van der Waals surface area contributed by atoms with Crippen molar-refractivity contribution in [3.63, 3.8) is 0 Å². The topological polar surface area (TPSA) is 205 Å². The number of cyclic esters (lactones) is 6. The number of carbonyl (C=O) groups is 8. The molecule has 4 aromatic carbocycles. The van der Waals surface area contributed by atoms with E-state index in [4.69, 9.17) is 29.3 Å². The van der Waals surface area contributed by atoms with E-state index in [1.807, 2.05) is 12.2 Å². The van der Waals surface area contributed by atoms with E-state index in [-0.39, 0.29) is 143 Å². The van der Waals surface area contributed by atoms with Crippen LogP contribution in [0, 0.1) is 106 Å². The normalized spacial score (nSPS) is 30.0. The van der Waals surface area contributed by atoms with E-state index in [1.165, 1.54) is 123 Å². The van der Waals surface area contributed by atoms with Crippen LogP contribution in [0.2, 0.25) is 0 Å². The third-order valence-electron chi connectivity index (χ3n) is 21.2. The molecule has 90 heavy (non-hydrogen) atoms. The summed E-state index contributed by atoms with van der Waals surface area (Å²) in [6, 6.07) is 27.2. The van der Waals surface area contributed by atoms with Gasteiger partial charge < -0.3 is 24.4 Å². The van der Waals surface area contributed by atoms with Crippen molar-refractivity contribution in [2.45, 2.75) is 175 Å². The Morgan fingerprint density at radius 3 is 1.21 bits per heavy atom. The van der Waals surface area contributed by atoms with Gasteiger partial charge in [0.2, 0.25) is 0 Å². The SMILES string of the molecule is C.CC(=O)O.CC(=O)O.Cc1cc(Br)c(C)cc1Br.Cc1cc(C2CC3CC2C2C(=O)OC(=O)C32)c(C)cc1C1CC2CC1C1C(=O)OC(=O)C21.Cc1ccccc1-c1ccccc1P(C1CCCCC1)C1CCCCC1.O=C1OC(=O)C2C3C=CC(C3)C12.[Pd]. The number of aryl methyl sites for hydroxylation is 5. The molecule has 3 heterocycles. The van der Waals surface area contributed by atoms with Crippen molar-refractivity contribution in [3.8, 4) is 11.1 Å². The second-order valence-corrected chi connectivity index (χ2v) is 31.1. The largest absolute Gasteiger partial charge is 0.481 e. The Morgan fingerprint density at radius 2 is 0.811 bits per heavy atom. The van der Waals surface area contributed by atoms with Gasteiger partial charge in [0.05, 0.1) is 35.5 Å². The molecule has 7 saturated carbocycles. The second-order valence-electron chi connectivity index (χ2n) is 26.6. The van der Waals surface area contributed by atoms with E-state index in [0.717, 1.165) is 57.3 Å². The van der Waals surface area contributed by atoms with Gasteiger partial charge in [-0.25, -0.2) is 0 Å². The summed E-state index contributed by atoms with van der Waals surface area (Å²) >= 11 is 6.92. The molecule has 6 bridgehead atoms. The van der Waals surface area contributed by atoms with E-state index in [9.17, 15) is 28.8 Å². The predicted octanol–water partition coefficient (Wildman–Crippen LogP) is 15.8. The summed E-state index contributed by atoms with van der Waals surface area (Å²) < 4.78 is 16.9. The Labute approximate surface area is 562 Å². The first-order valence-corrected chi connectivity index (χ1v) is 34.9. The van der Waals surface area contributed by atoms with Crippen LogP contribution >= 0.6 is 39.8 Å². The maximum absolute atomic E-state index is 12.3. The minimum absolute atomic E-state index is 0. The molecule has 0 aromatic heterocycles. The molecule has 3 aliphatic heterocycles. The van der Waals surface area contributed by atoms with Gasteiger partial charge in [-0.2, -0.15) is 0 Å². The third kappa shape index (κ3) is 14.8. The summed E-state index contributed by atoms with van der Waals surface area (Å²) in [6.07, 6.45) is 23.5. The summed E-state index contributed by atoms with van der Waals surface area (Å²) in [5, 5.41) is 16.6. The molecule has 14 atom stereocenters. The van der Waals surface area contributed by atoms with Crippen LogP contribution in [0.4, 0.5) is 0 Å². The number of esters is 6. The number of hydrogen-bond donors (Lipinski definition) is 2. The van der Waals surface area contributed by atoms with Gasteiger partial charge in [0.25, 0.3) is 11.9 Å². The Bertz CT molecular complexity index is 3200. The van der Waals surface area contributed by atoms with Gasteiger partial charge in [0, 0.05) is 43.2 Å². The van der Waals surface area contributed by atoms with Crippen LogP contribution in [0.25, 0.3) is 11.1 Å². The average Bonchev–Trinajstić information content (AvgIpc) is 1.57. The van der Waals surface area contributed by atoms with Gasteiger partial charge in [0.15, 0.2) is 0 Å². The van der Waals surface area contributed by atoms with Gasteiger partial charge >= 0.3 is 35.8 Å². The molecule has 0 amide bonds. The Morgan fingerprint density at radius 1 is 0.456 bits per heavy atom. The summed E-state index contributed by atoms with van der Waals surface area (Å²) in [6.45, 7) is 12.9. The molecular formula is C73H87Br2O13PPd. The predicted molar refractivity (Wildman–Crippen MR) is 350 cm³/mol. The number of aliphatic carboxylic acids is 2. The van der Waals surface area contributed by atoms with Crippen LogP contribution in [0.1, 0.15) is 168 Å². The second kappa shape index (κ2) is 30.4. The first kappa shape index (κ1) is 70.9. The molecule has 14 unspecified atom stereocenters. The molecule has 11 aliphatic rings. The number of allylic oxidation sites excluding steroid dienone is 2. The molecule has 0 spiro atoms. The molecule has 486 valence electrons. The van der Waals surface area contributed by atoms with Gasteiger partial charge in [0.1, 0.15) is 0 Å². The van der Waals surface area contributed by atoms with Gasteiger partial charge in [-0.1, -0.05) is 159 Å². The zero-order valence-corrected chi connectivity index (χ0v) is 57.5. The first-order valence-electron chi connectivity index (χ1n) is 31.8. The number of hydrogen-bond acceptors (Lipinski definition) is 11. The number of ether oxygens (including phenoxy) is 3. The maximum atomic E-state index is 12.3. The molecule has 8 aliphatic carbocycles. The van der Waals surface area contributed by atoms with Crippen LogP contribution in [-0.2, 0) is 73.0 Å². The van der Waals surface area contributed by atoms with Crippen LogP contribution in [0.3, 0.4) is 0 Å². The summed E-state index contributed by atoms with van der Waals surface area (Å²) in [5.41, 5.74) is 13.9. The number of carboxylic acid groups (broad SMARTS) is 2. The molecule has 2 N–H and O–H groups in total. The fourth-order valence-corrected chi connectivity index (χ4v) is 22.4. The molecule has 15 rings (SSSR count). The van der Waals surface area contributed by atoms with Crippen LogP contribution in [0.5, 0.6) is 0 Å². The number of carboxylic acids is 2. The maximum Gasteiger partial charge on any atom is 0.318 e. The number of carbonyl (C=O) groups excluding carboxylic acids is 6. The third-order valence-corrected chi connectivity index (χ3v) is 26.4. The quantitative estimate of drug-likeness (QED) is 0.0461. The molecule has 3 saturated heterocycles. The van der Waals surface area contributed by atoms with E-state index in [1.54, 1.807) is 5.30 Å². The van der Waals surface area contributed by atoms with E-state index in [0.29, 0.717) is 11.8 Å². The van der Waals surface area contributed by atoms with Crippen molar-refractivity contribution in [1.82, 2.24) is 0 Å². The Hall–Kier alpha value is -4.97. The molecule has 13 nitrogen and oxygen atoms in total. The molecule has 0 radical (unpaired) electrons. The monoisotopic (exact) mass is 1470 g/mol. The molecular weight excluding hydrogens is 1380 g/mol. The van der Waals surface area contributed by atoms with Gasteiger partial charge in [-0.3, -0.25) is 38.4 Å². The summed E-state index contributed by atoms with van der Waals surface area (Å²) in [5.74, 6) is -2.79. The van der Waals surface area contributed by atoms with Gasteiger partial charge in [-0.15, -0.1) is 0 Å². The van der Waals surface area contributed by atoms with Crippen molar-refractivity contribution in [1.29, 1.82) is 0 Å². The first-order chi connectivity index (χ1) is 42.0. The minimum atomic E-state index is -0.833. The molecule has 4 aromatic rings. The average molecular weight is 1470 g/mol. The molecule has 10 fully saturated rings. The zero-order chi connectivity index (χ0) is 63.0. The van der Waals surface area contributed by atoms with E-state index in [2.05, 4.69) is 144 Å². The fourth-order valence-electron chi connectivity index (χ4n) is 17.5. The number of halogens is 2. The van der Waals surface area contributed by atoms with Crippen LogP contribution in [-0.4, -0.2) is 69.3 Å². The zero-order valence-electron chi connectivity index (χ0n) is 51.8. The van der Waals surface area contributed by atoms with Gasteiger partial charge in [-0.05, 0) is 219 Å². The number of fused-ring (bicyclic) bond motifs is 15. The Kier molecular flexibility index (Phi) is 24.0. The summed E-state index contributed by atoms with van der Waals surface area (Å²) in [4.78, 5) is 89.2. The standard InChI is InChI=1S/C26H26O6.C25H33P.C9H8O3.C8H8Br2.2C2H4O2.CH4.Pd/c1-9-3-14(16-6-12-8-18(16)22-20(12)24(28)32-26(22)30)10(2)4-13(9)15-5-11-7-17(15)21-19(11)23(27)31-25(21)29;1-20-12-8-9-17-23(20)24-18-10-11-19-25(24)26(21-13-4-2-5-14-21)22-15-6-3-7-16-22;10-8-6-4-1-2-5(3-4)7(6)9(11)12-8;1-5-3-8(10)6(2)4-7(5)9;2*1-2(3)4;;/h3-4,11-12,15-22H,5-8H2,1-2H3;8-12,17-19,21-22H,2-7,13-16H2,1H3;1-2,4-7H,3H2;3-4H,1-2H3;2*1H3,(H,3,4);1H4;. The van der Waals surface area contributed by atoms with Crippen molar-refractivity contribution in [2.24, 2.45) is 71.0 Å². The molecule has 17 heteroatoms. The van der Waals surface area contributed by atoms with Crippen molar-refractivity contribution >= 4 is 92.8 Å².